The lowest BCUT2D eigenvalue weighted by Gasteiger charge is -2.14. The van der Waals surface area contributed by atoms with E-state index in [1.54, 1.807) is 28.8 Å². The van der Waals surface area contributed by atoms with E-state index in [0.29, 0.717) is 27.8 Å². The van der Waals surface area contributed by atoms with Crippen molar-refractivity contribution in [1.29, 1.82) is 0 Å². The summed E-state index contributed by atoms with van der Waals surface area (Å²) in [6.45, 7) is 3.48. The average molecular weight is 587 g/mol. The van der Waals surface area contributed by atoms with Crippen LogP contribution in [0.4, 0.5) is 9.39 Å². The summed E-state index contributed by atoms with van der Waals surface area (Å²) in [5, 5.41) is 16.5. The van der Waals surface area contributed by atoms with Gasteiger partial charge in [0, 0.05) is 33.4 Å². The Morgan fingerprint density at radius 1 is 1.21 bits per heavy atom. The summed E-state index contributed by atoms with van der Waals surface area (Å²) in [4.78, 5) is 26.9. The second-order valence-corrected chi connectivity index (χ2v) is 11.7. The maximum atomic E-state index is 13.4. The van der Waals surface area contributed by atoms with Gasteiger partial charge in [-0.3, -0.25) is 9.36 Å². The molecular formula is C27H27FN4O4S3. The molecule has 4 aromatic rings. The van der Waals surface area contributed by atoms with E-state index in [1.165, 1.54) is 47.2 Å². The third kappa shape index (κ3) is 6.24. The Morgan fingerprint density at radius 2 is 2.03 bits per heavy atom. The zero-order valence-electron chi connectivity index (χ0n) is 21.4. The van der Waals surface area contributed by atoms with E-state index in [1.807, 2.05) is 4.57 Å². The maximum absolute atomic E-state index is 13.4. The van der Waals surface area contributed by atoms with Gasteiger partial charge in [-0.05, 0) is 43.0 Å². The molecule has 12 heteroatoms. The molecule has 0 saturated carbocycles. The Hall–Kier alpha value is -3.06. The van der Waals surface area contributed by atoms with Gasteiger partial charge in [-0.1, -0.05) is 30.8 Å². The number of carbonyl (C=O) groups excluding carboxylic acids is 2. The quantitative estimate of drug-likeness (QED) is 0.176. The van der Waals surface area contributed by atoms with Crippen molar-refractivity contribution in [3.63, 3.8) is 0 Å². The fourth-order valence-electron chi connectivity index (χ4n) is 4.34. The molecule has 1 aromatic carbocycles. The van der Waals surface area contributed by atoms with Crippen LogP contribution in [-0.2, 0) is 27.2 Å². The Kier molecular flexibility index (Phi) is 8.75. The first-order valence-corrected chi connectivity index (χ1v) is 15.2. The third-order valence-corrected chi connectivity index (χ3v) is 9.25. The number of halogens is 1. The average Bonchev–Trinajstić information content (AvgIpc) is 3.75. The molecule has 1 aliphatic heterocycles. The largest absolute Gasteiger partial charge is 0.465 e. The van der Waals surface area contributed by atoms with Crippen LogP contribution in [0.2, 0.25) is 0 Å². The van der Waals surface area contributed by atoms with Crippen LogP contribution in [0, 0.1) is 5.82 Å². The van der Waals surface area contributed by atoms with Crippen molar-refractivity contribution >= 4 is 51.3 Å². The molecule has 1 unspecified atom stereocenters. The van der Waals surface area contributed by atoms with Crippen molar-refractivity contribution in [2.24, 2.45) is 0 Å². The molecular weight excluding hydrogens is 560 g/mol. The SMILES string of the molecule is CCc1cc(-c2nnc(SCC(=O)Nc3scc(-c4ccc(F)cc4)c3C(=O)OC)n2CC2CCCO2)cs1. The van der Waals surface area contributed by atoms with E-state index in [0.717, 1.165) is 37.3 Å². The molecule has 0 aliphatic carbocycles. The predicted molar refractivity (Wildman–Crippen MR) is 152 cm³/mol. The summed E-state index contributed by atoms with van der Waals surface area (Å²) in [5.74, 6) is -0.423. The maximum Gasteiger partial charge on any atom is 0.341 e. The molecule has 1 N–H and O–H groups in total. The number of amides is 1. The predicted octanol–water partition coefficient (Wildman–Crippen LogP) is 6.13. The van der Waals surface area contributed by atoms with E-state index in [2.05, 4.69) is 33.9 Å². The number of carbonyl (C=O) groups is 2. The van der Waals surface area contributed by atoms with Gasteiger partial charge in [0.1, 0.15) is 16.4 Å². The minimum absolute atomic E-state index is 0.0674. The molecule has 4 heterocycles. The number of thiophene rings is 2. The third-order valence-electron chi connectivity index (χ3n) is 6.31. The molecule has 1 aliphatic rings. The van der Waals surface area contributed by atoms with Gasteiger partial charge < -0.3 is 14.8 Å². The summed E-state index contributed by atoms with van der Waals surface area (Å²) in [6.07, 6.45) is 3.02. The number of aromatic nitrogens is 3. The van der Waals surface area contributed by atoms with Crippen LogP contribution in [0.3, 0.4) is 0 Å². The monoisotopic (exact) mass is 586 g/mol. The Labute approximate surface area is 237 Å². The number of ether oxygens (including phenoxy) is 2. The second-order valence-electron chi connectivity index (χ2n) is 8.90. The van der Waals surface area contributed by atoms with Crippen LogP contribution in [-0.4, -0.2) is 52.2 Å². The number of anilines is 1. The summed E-state index contributed by atoms with van der Waals surface area (Å²) >= 11 is 4.19. The van der Waals surface area contributed by atoms with Gasteiger partial charge in [0.25, 0.3) is 0 Å². The van der Waals surface area contributed by atoms with E-state index in [9.17, 15) is 14.0 Å². The topological polar surface area (TPSA) is 95.3 Å². The lowest BCUT2D eigenvalue weighted by atomic mass is 10.0. The molecule has 0 radical (unpaired) electrons. The summed E-state index contributed by atoms with van der Waals surface area (Å²) in [6, 6.07) is 7.94. The van der Waals surface area contributed by atoms with Crippen molar-refractivity contribution in [1.82, 2.24) is 14.8 Å². The number of aryl methyl sites for hydroxylation is 1. The standard InChI is InChI=1S/C27H27FN4O4S3/c1-3-20-11-17(13-37-20)24-30-31-27(32(24)12-19-5-4-10-36-19)39-15-22(33)29-25-23(26(34)35-2)21(14-38-25)16-6-8-18(28)9-7-16/h6-9,11,13-14,19H,3-5,10,12,15H2,1-2H3,(H,29,33). The van der Waals surface area contributed by atoms with E-state index >= 15 is 0 Å². The van der Waals surface area contributed by atoms with Crippen molar-refractivity contribution in [2.75, 3.05) is 24.8 Å². The molecule has 1 fully saturated rings. The minimum Gasteiger partial charge on any atom is -0.465 e. The minimum atomic E-state index is -0.582. The van der Waals surface area contributed by atoms with Crippen LogP contribution in [0.25, 0.3) is 22.5 Å². The Balaban J connectivity index is 1.33. The Bertz CT molecular complexity index is 1460. The zero-order chi connectivity index (χ0) is 27.4. The van der Waals surface area contributed by atoms with E-state index in [-0.39, 0.29) is 29.1 Å². The molecule has 39 heavy (non-hydrogen) atoms. The first kappa shape index (κ1) is 27.5. The highest BCUT2D eigenvalue weighted by Gasteiger charge is 2.25. The number of rotatable bonds is 10. The molecule has 5 rings (SSSR count). The second kappa shape index (κ2) is 12.4. The summed E-state index contributed by atoms with van der Waals surface area (Å²) in [5.41, 5.74) is 2.46. The van der Waals surface area contributed by atoms with Crippen LogP contribution in [0.5, 0.6) is 0 Å². The van der Waals surface area contributed by atoms with Crippen LogP contribution >= 0.6 is 34.4 Å². The number of nitrogens with zero attached hydrogens (tertiary/aromatic N) is 3. The fraction of sp³-hybridized carbons (Fsp3) is 0.333. The van der Waals surface area contributed by atoms with Gasteiger partial charge in [-0.25, -0.2) is 9.18 Å². The van der Waals surface area contributed by atoms with E-state index < -0.39 is 5.97 Å². The lowest BCUT2D eigenvalue weighted by molar-refractivity contribution is -0.113. The van der Waals surface area contributed by atoms with Gasteiger partial charge in [0.05, 0.1) is 25.5 Å². The fourth-order valence-corrected chi connectivity index (χ4v) is 6.87. The highest BCUT2D eigenvalue weighted by molar-refractivity contribution is 7.99. The number of hydrogen-bond donors (Lipinski definition) is 1. The van der Waals surface area contributed by atoms with E-state index in [4.69, 9.17) is 9.47 Å². The van der Waals surface area contributed by atoms with Crippen molar-refractivity contribution < 1.29 is 23.5 Å². The first-order chi connectivity index (χ1) is 19.0. The number of thioether (sulfide) groups is 1. The zero-order valence-corrected chi connectivity index (χ0v) is 23.9. The highest BCUT2D eigenvalue weighted by Crippen LogP contribution is 2.37. The van der Waals surface area contributed by atoms with Gasteiger partial charge in [-0.2, -0.15) is 0 Å². The Morgan fingerprint density at radius 3 is 2.72 bits per heavy atom. The van der Waals surface area contributed by atoms with Gasteiger partial charge in [0.2, 0.25) is 5.91 Å². The number of nitrogens with one attached hydrogen (secondary N) is 1. The smallest absolute Gasteiger partial charge is 0.341 e. The number of esters is 1. The highest BCUT2D eigenvalue weighted by atomic mass is 32.2. The number of methoxy groups -OCH3 is 1. The van der Waals surface area contributed by atoms with Crippen molar-refractivity contribution in [2.45, 2.75) is 44.0 Å². The van der Waals surface area contributed by atoms with Crippen molar-refractivity contribution in [3.05, 3.63) is 57.3 Å². The molecule has 1 atom stereocenters. The normalized spacial score (nSPS) is 15.0. The molecule has 0 spiro atoms. The van der Waals surface area contributed by atoms with Gasteiger partial charge in [-0.15, -0.1) is 32.9 Å². The van der Waals surface area contributed by atoms with Gasteiger partial charge in [0.15, 0.2) is 11.0 Å². The lowest BCUT2D eigenvalue weighted by Crippen LogP contribution is -2.18. The molecule has 0 bridgehead atoms. The van der Waals surface area contributed by atoms with Crippen molar-refractivity contribution in [3.8, 4) is 22.5 Å². The molecule has 8 nitrogen and oxygen atoms in total. The van der Waals surface area contributed by atoms with Crippen LogP contribution < -0.4 is 5.32 Å². The van der Waals surface area contributed by atoms with Crippen LogP contribution in [0.15, 0.2) is 46.2 Å². The van der Waals surface area contributed by atoms with Crippen LogP contribution in [0.1, 0.15) is 35.0 Å². The molecule has 1 saturated heterocycles. The molecule has 3 aromatic heterocycles. The number of hydrogen-bond acceptors (Lipinski definition) is 9. The molecule has 1 amide bonds. The van der Waals surface area contributed by atoms with Gasteiger partial charge >= 0.3 is 5.97 Å². The summed E-state index contributed by atoms with van der Waals surface area (Å²) in [7, 11) is 1.28. The number of benzene rings is 1. The first-order valence-electron chi connectivity index (χ1n) is 12.5. The molecule has 204 valence electrons. The summed E-state index contributed by atoms with van der Waals surface area (Å²) < 4.78 is 26.3.